The summed E-state index contributed by atoms with van der Waals surface area (Å²) in [4.78, 5) is 11.8. The van der Waals surface area contributed by atoms with Crippen LogP contribution in [0.1, 0.15) is 71.6 Å². The highest BCUT2D eigenvalue weighted by Gasteiger charge is 2.66. The normalized spacial score (nSPS) is 53.5. The second kappa shape index (κ2) is 4.54. The van der Waals surface area contributed by atoms with Crippen molar-refractivity contribution in [3.63, 3.8) is 0 Å². The molecule has 4 aliphatic rings. The van der Waals surface area contributed by atoms with Crippen LogP contribution in [-0.2, 0) is 4.79 Å². The molecule has 0 N–H and O–H groups in total. The SMILES string of the molecule is C[C@@]12CCC[C@H]1[C@H]1[C@H](CC2)[C@@]2(C)CCC(=O)C[C@@H]2CC1(F)F. The van der Waals surface area contributed by atoms with Crippen LogP contribution < -0.4 is 0 Å². The molecule has 3 heteroatoms. The first kappa shape index (κ1) is 15.1. The number of halogens is 2. The molecule has 4 fully saturated rings. The third-order valence-electron chi connectivity index (χ3n) is 8.25. The number of alkyl halides is 2. The number of rotatable bonds is 0. The first-order chi connectivity index (χ1) is 10.3. The first-order valence-corrected chi connectivity index (χ1v) is 9.16. The summed E-state index contributed by atoms with van der Waals surface area (Å²) in [6, 6.07) is 0. The molecule has 124 valence electrons. The van der Waals surface area contributed by atoms with Crippen LogP contribution in [0.3, 0.4) is 0 Å². The average molecular weight is 310 g/mol. The van der Waals surface area contributed by atoms with E-state index in [2.05, 4.69) is 13.8 Å². The lowest BCUT2D eigenvalue weighted by Crippen LogP contribution is -2.60. The van der Waals surface area contributed by atoms with Gasteiger partial charge in [0.15, 0.2) is 0 Å². The largest absolute Gasteiger partial charge is 0.300 e. The van der Waals surface area contributed by atoms with Crippen LogP contribution in [0.15, 0.2) is 0 Å². The molecule has 0 aliphatic heterocycles. The van der Waals surface area contributed by atoms with E-state index in [1.54, 1.807) is 0 Å². The minimum atomic E-state index is -2.57. The van der Waals surface area contributed by atoms with E-state index in [0.29, 0.717) is 12.8 Å². The topological polar surface area (TPSA) is 17.1 Å². The van der Waals surface area contributed by atoms with E-state index in [9.17, 15) is 4.79 Å². The molecule has 0 amide bonds. The summed E-state index contributed by atoms with van der Waals surface area (Å²) in [5.74, 6) is -2.54. The number of ketones is 1. The first-order valence-electron chi connectivity index (χ1n) is 9.16. The van der Waals surface area contributed by atoms with Crippen LogP contribution in [0.25, 0.3) is 0 Å². The molecule has 4 saturated carbocycles. The Kier molecular flexibility index (Phi) is 3.11. The fourth-order valence-electron chi connectivity index (χ4n) is 6.94. The fourth-order valence-corrected chi connectivity index (χ4v) is 6.94. The van der Waals surface area contributed by atoms with Gasteiger partial charge < -0.3 is 0 Å². The molecule has 22 heavy (non-hydrogen) atoms. The van der Waals surface area contributed by atoms with Gasteiger partial charge >= 0.3 is 0 Å². The second-order valence-electron chi connectivity index (χ2n) is 9.23. The quantitative estimate of drug-likeness (QED) is 0.598. The molecule has 1 nitrogen and oxygen atoms in total. The van der Waals surface area contributed by atoms with Gasteiger partial charge in [-0.3, -0.25) is 4.79 Å². The van der Waals surface area contributed by atoms with Gasteiger partial charge in [0.2, 0.25) is 0 Å². The smallest absolute Gasteiger partial charge is 0.251 e. The Morgan fingerprint density at radius 2 is 1.82 bits per heavy atom. The van der Waals surface area contributed by atoms with Crippen molar-refractivity contribution in [2.24, 2.45) is 34.5 Å². The number of hydrogen-bond acceptors (Lipinski definition) is 1. The van der Waals surface area contributed by atoms with Crippen LogP contribution in [0.4, 0.5) is 8.78 Å². The molecule has 0 aromatic rings. The lowest BCUT2D eigenvalue weighted by atomic mass is 9.44. The van der Waals surface area contributed by atoms with Crippen molar-refractivity contribution in [3.05, 3.63) is 0 Å². The summed E-state index contributed by atoms with van der Waals surface area (Å²) in [6.45, 7) is 4.49. The maximum absolute atomic E-state index is 15.1. The molecular weight excluding hydrogens is 282 g/mol. The van der Waals surface area contributed by atoms with E-state index in [1.165, 1.54) is 0 Å². The Bertz CT molecular complexity index is 502. The van der Waals surface area contributed by atoms with Gasteiger partial charge in [0.05, 0.1) is 0 Å². The molecule has 0 saturated heterocycles. The highest BCUT2D eigenvalue weighted by Crippen LogP contribution is 2.69. The number of carbonyl (C=O) groups is 1. The molecule has 0 bridgehead atoms. The van der Waals surface area contributed by atoms with Crippen molar-refractivity contribution in [1.82, 2.24) is 0 Å². The number of hydrogen-bond donors (Lipinski definition) is 0. The summed E-state index contributed by atoms with van der Waals surface area (Å²) in [7, 11) is 0. The van der Waals surface area contributed by atoms with Crippen LogP contribution in [0.5, 0.6) is 0 Å². The Balaban J connectivity index is 1.74. The summed E-state index contributed by atoms with van der Waals surface area (Å²) in [5.41, 5.74) is 0.127. The zero-order valence-electron chi connectivity index (χ0n) is 13.8. The monoisotopic (exact) mass is 310 g/mol. The summed E-state index contributed by atoms with van der Waals surface area (Å²) < 4.78 is 30.2. The summed E-state index contributed by atoms with van der Waals surface area (Å²) in [5, 5.41) is 0. The highest BCUT2D eigenvalue weighted by molar-refractivity contribution is 5.79. The van der Waals surface area contributed by atoms with Gasteiger partial charge in [-0.1, -0.05) is 20.3 Å². The second-order valence-corrected chi connectivity index (χ2v) is 9.23. The lowest BCUT2D eigenvalue weighted by Gasteiger charge is -2.61. The van der Waals surface area contributed by atoms with Crippen molar-refractivity contribution in [3.8, 4) is 0 Å². The van der Waals surface area contributed by atoms with Gasteiger partial charge in [-0.2, -0.15) is 0 Å². The minimum absolute atomic E-state index is 0.0236. The Labute approximate surface area is 132 Å². The van der Waals surface area contributed by atoms with Crippen molar-refractivity contribution < 1.29 is 13.6 Å². The van der Waals surface area contributed by atoms with E-state index in [-0.39, 0.29) is 40.8 Å². The predicted molar refractivity (Wildman–Crippen MR) is 81.7 cm³/mol. The summed E-state index contributed by atoms with van der Waals surface area (Å²) >= 11 is 0. The summed E-state index contributed by atoms with van der Waals surface area (Å²) in [6.07, 6.45) is 7.14. The van der Waals surface area contributed by atoms with E-state index in [4.69, 9.17) is 0 Å². The number of Topliss-reactive ketones (excluding diaryl/α,β-unsaturated/α-hetero) is 1. The molecule has 0 unspecified atom stereocenters. The third-order valence-corrected chi connectivity index (χ3v) is 8.25. The molecule has 4 rings (SSSR count). The van der Waals surface area contributed by atoms with Gasteiger partial charge in [-0.15, -0.1) is 0 Å². The van der Waals surface area contributed by atoms with Gasteiger partial charge in [0.1, 0.15) is 5.78 Å². The van der Waals surface area contributed by atoms with E-state index in [0.717, 1.165) is 38.5 Å². The number of carbonyl (C=O) groups excluding carboxylic acids is 1. The van der Waals surface area contributed by atoms with Crippen LogP contribution in [0, 0.1) is 34.5 Å². The molecular formula is C19H28F2O. The number of fused-ring (bicyclic) bond motifs is 5. The Morgan fingerprint density at radius 3 is 2.59 bits per heavy atom. The molecule has 0 heterocycles. The molecule has 0 aromatic carbocycles. The molecule has 4 aliphatic carbocycles. The Morgan fingerprint density at radius 1 is 1.05 bits per heavy atom. The van der Waals surface area contributed by atoms with Gasteiger partial charge in [-0.25, -0.2) is 8.78 Å². The average Bonchev–Trinajstić information content (AvgIpc) is 2.82. The van der Waals surface area contributed by atoms with Gasteiger partial charge in [0.25, 0.3) is 5.92 Å². The molecule has 0 radical (unpaired) electrons. The van der Waals surface area contributed by atoms with E-state index < -0.39 is 11.8 Å². The lowest BCUT2D eigenvalue weighted by molar-refractivity contribution is -0.227. The van der Waals surface area contributed by atoms with Crippen molar-refractivity contribution in [1.29, 1.82) is 0 Å². The van der Waals surface area contributed by atoms with Crippen molar-refractivity contribution in [2.45, 2.75) is 77.6 Å². The predicted octanol–water partition coefficient (Wildman–Crippen LogP) is 5.23. The fraction of sp³-hybridized carbons (Fsp3) is 0.947. The van der Waals surface area contributed by atoms with E-state index >= 15 is 8.78 Å². The maximum Gasteiger partial charge on any atom is 0.251 e. The molecule has 0 spiro atoms. The van der Waals surface area contributed by atoms with Crippen molar-refractivity contribution >= 4 is 5.78 Å². The Hall–Kier alpha value is -0.470. The van der Waals surface area contributed by atoms with Gasteiger partial charge in [0, 0.05) is 25.2 Å². The zero-order valence-corrected chi connectivity index (χ0v) is 13.8. The standard InChI is InChI=1S/C19H28F2O/c1-17-7-3-4-14(17)16-15(6-8-17)18(2)9-5-13(22)10-12(18)11-19(16,20)21/h12,14-16H,3-11H2,1-2H3/t12-,14+,15+,16+,17+,18+/m1/s1. The van der Waals surface area contributed by atoms with Crippen LogP contribution in [-0.4, -0.2) is 11.7 Å². The van der Waals surface area contributed by atoms with Crippen LogP contribution in [0.2, 0.25) is 0 Å². The van der Waals surface area contributed by atoms with Crippen molar-refractivity contribution in [2.75, 3.05) is 0 Å². The van der Waals surface area contributed by atoms with Crippen LogP contribution >= 0.6 is 0 Å². The highest BCUT2D eigenvalue weighted by atomic mass is 19.3. The zero-order chi connectivity index (χ0) is 15.8. The molecule has 0 aromatic heterocycles. The minimum Gasteiger partial charge on any atom is -0.300 e. The van der Waals surface area contributed by atoms with E-state index in [1.807, 2.05) is 0 Å². The molecule has 6 atom stereocenters. The van der Waals surface area contributed by atoms with Gasteiger partial charge in [-0.05, 0) is 60.7 Å². The third kappa shape index (κ3) is 1.89. The maximum atomic E-state index is 15.1.